The van der Waals surface area contributed by atoms with Crippen molar-refractivity contribution in [3.05, 3.63) is 76.5 Å². The van der Waals surface area contributed by atoms with E-state index in [1.165, 1.54) is 0 Å². The fourth-order valence-corrected chi connectivity index (χ4v) is 4.06. The summed E-state index contributed by atoms with van der Waals surface area (Å²) in [6, 6.07) is 17.1. The molecule has 0 saturated carbocycles. The summed E-state index contributed by atoms with van der Waals surface area (Å²) in [5.41, 5.74) is 3.43. The van der Waals surface area contributed by atoms with E-state index in [1.807, 2.05) is 42.5 Å². The average Bonchev–Trinajstić information content (AvgIpc) is 2.62. The summed E-state index contributed by atoms with van der Waals surface area (Å²) >= 11 is 6.12. The number of Topliss-reactive ketones (excluding diaryl/α,β-unsaturated/α-hetero) is 1. The van der Waals surface area contributed by atoms with E-state index in [0.29, 0.717) is 17.9 Å². The van der Waals surface area contributed by atoms with Crippen LogP contribution in [-0.4, -0.2) is 11.7 Å². The minimum atomic E-state index is -0.146. The third-order valence-electron chi connectivity index (χ3n) is 4.94. The first-order chi connectivity index (χ1) is 12.1. The van der Waals surface area contributed by atoms with Crippen molar-refractivity contribution in [2.45, 2.75) is 31.6 Å². The van der Waals surface area contributed by atoms with Crippen LogP contribution in [0.25, 0.3) is 0 Å². The first-order valence-electron chi connectivity index (χ1n) is 8.55. The van der Waals surface area contributed by atoms with Gasteiger partial charge in [0.1, 0.15) is 0 Å². The van der Waals surface area contributed by atoms with Crippen molar-refractivity contribution < 1.29 is 9.59 Å². The third kappa shape index (κ3) is 2.89. The molecule has 0 bridgehead atoms. The molecule has 1 atom stereocenters. The number of hydrogen-bond acceptors (Lipinski definition) is 2. The number of rotatable bonds is 2. The van der Waals surface area contributed by atoms with E-state index in [1.54, 1.807) is 17.0 Å². The summed E-state index contributed by atoms with van der Waals surface area (Å²) < 4.78 is 0. The van der Waals surface area contributed by atoms with Gasteiger partial charge in [-0.15, -0.1) is 0 Å². The molecular weight excluding hydrogens is 334 g/mol. The van der Waals surface area contributed by atoms with Crippen molar-refractivity contribution in [2.75, 3.05) is 4.90 Å². The zero-order chi connectivity index (χ0) is 17.4. The summed E-state index contributed by atoms with van der Waals surface area (Å²) in [4.78, 5) is 27.4. The molecule has 2 aromatic rings. The maximum absolute atomic E-state index is 13.0. The van der Waals surface area contributed by atoms with Crippen LogP contribution in [0.15, 0.2) is 65.9 Å². The summed E-state index contributed by atoms with van der Waals surface area (Å²) in [7, 11) is 0. The van der Waals surface area contributed by atoms with Crippen molar-refractivity contribution in [3.8, 4) is 0 Å². The number of allylic oxidation sites excluding steroid dienone is 2. The number of benzene rings is 2. The molecule has 1 unspecified atom stereocenters. The van der Waals surface area contributed by atoms with E-state index in [9.17, 15) is 9.59 Å². The van der Waals surface area contributed by atoms with Gasteiger partial charge in [-0.05, 0) is 36.6 Å². The van der Waals surface area contributed by atoms with Crippen molar-refractivity contribution in [1.29, 1.82) is 0 Å². The van der Waals surface area contributed by atoms with E-state index in [-0.39, 0.29) is 17.6 Å². The molecule has 1 aliphatic carbocycles. The lowest BCUT2D eigenvalue weighted by molar-refractivity contribution is -0.119. The number of halogens is 1. The van der Waals surface area contributed by atoms with Gasteiger partial charge in [0.15, 0.2) is 5.78 Å². The summed E-state index contributed by atoms with van der Waals surface area (Å²) in [6.07, 6.45) is 2.38. The molecule has 0 spiro atoms. The van der Waals surface area contributed by atoms with Gasteiger partial charge in [0.05, 0.1) is 5.69 Å². The Morgan fingerprint density at radius 1 is 0.960 bits per heavy atom. The molecular formula is C21H18ClNO2. The molecule has 2 aliphatic rings. The summed E-state index contributed by atoms with van der Waals surface area (Å²) in [5.74, 6) is 0.0335. The van der Waals surface area contributed by atoms with Crippen molar-refractivity contribution >= 4 is 29.0 Å². The standard InChI is InChI=1S/C21H18ClNO2/c22-15-8-4-9-16(12-15)23-18-10-5-11-19(24)21(18)17(13-20(23)25)14-6-2-1-3-7-14/h1-4,6-9,12,17H,5,10-11,13H2. The molecule has 4 heteroatoms. The van der Waals surface area contributed by atoms with Gasteiger partial charge in [-0.25, -0.2) is 0 Å². The van der Waals surface area contributed by atoms with Crippen LogP contribution >= 0.6 is 11.6 Å². The van der Waals surface area contributed by atoms with Crippen molar-refractivity contribution in [1.82, 2.24) is 0 Å². The Bertz CT molecular complexity index is 872. The van der Waals surface area contributed by atoms with E-state index in [4.69, 9.17) is 11.6 Å². The minimum Gasteiger partial charge on any atom is -0.294 e. The van der Waals surface area contributed by atoms with Crippen LogP contribution in [0.2, 0.25) is 5.02 Å². The zero-order valence-corrected chi connectivity index (χ0v) is 14.5. The monoisotopic (exact) mass is 351 g/mol. The third-order valence-corrected chi connectivity index (χ3v) is 5.18. The smallest absolute Gasteiger partial charge is 0.232 e. The maximum atomic E-state index is 13.0. The molecule has 25 heavy (non-hydrogen) atoms. The van der Waals surface area contributed by atoms with E-state index in [0.717, 1.165) is 35.4 Å². The number of nitrogens with zero attached hydrogens (tertiary/aromatic N) is 1. The van der Waals surface area contributed by atoms with Gasteiger partial charge in [-0.3, -0.25) is 14.5 Å². The van der Waals surface area contributed by atoms with Crippen LogP contribution in [-0.2, 0) is 9.59 Å². The Morgan fingerprint density at radius 2 is 1.76 bits per heavy atom. The van der Waals surface area contributed by atoms with Crippen molar-refractivity contribution in [3.63, 3.8) is 0 Å². The second-order valence-corrected chi connectivity index (χ2v) is 6.95. The largest absolute Gasteiger partial charge is 0.294 e. The fourth-order valence-electron chi connectivity index (χ4n) is 3.88. The van der Waals surface area contributed by atoms with Crippen molar-refractivity contribution in [2.24, 2.45) is 0 Å². The lowest BCUT2D eigenvalue weighted by Gasteiger charge is -2.38. The lowest BCUT2D eigenvalue weighted by atomic mass is 9.77. The predicted octanol–water partition coefficient (Wildman–Crippen LogP) is 4.87. The van der Waals surface area contributed by atoms with Gasteiger partial charge in [0, 0.05) is 35.1 Å². The zero-order valence-electron chi connectivity index (χ0n) is 13.7. The van der Waals surface area contributed by atoms with Crippen LogP contribution < -0.4 is 4.90 Å². The Morgan fingerprint density at radius 3 is 2.52 bits per heavy atom. The molecule has 0 fully saturated rings. The predicted molar refractivity (Wildman–Crippen MR) is 98.6 cm³/mol. The van der Waals surface area contributed by atoms with Gasteiger partial charge < -0.3 is 0 Å². The maximum Gasteiger partial charge on any atom is 0.232 e. The quantitative estimate of drug-likeness (QED) is 0.774. The highest BCUT2D eigenvalue weighted by atomic mass is 35.5. The highest BCUT2D eigenvalue weighted by molar-refractivity contribution is 6.31. The molecule has 4 rings (SSSR count). The second kappa shape index (κ2) is 6.49. The molecule has 2 aromatic carbocycles. The second-order valence-electron chi connectivity index (χ2n) is 6.51. The molecule has 0 N–H and O–H groups in total. The number of anilines is 1. The average molecular weight is 352 g/mol. The van der Waals surface area contributed by atoms with Crippen LogP contribution in [0, 0.1) is 0 Å². The van der Waals surface area contributed by atoms with Gasteiger partial charge in [-0.1, -0.05) is 48.0 Å². The summed E-state index contributed by atoms with van der Waals surface area (Å²) in [5, 5.41) is 0.583. The number of ketones is 1. The molecule has 0 saturated heterocycles. The van der Waals surface area contributed by atoms with Crippen LogP contribution in [0.5, 0.6) is 0 Å². The number of hydrogen-bond donors (Lipinski definition) is 0. The fraction of sp³-hybridized carbons (Fsp3) is 0.238. The molecule has 3 nitrogen and oxygen atoms in total. The Balaban J connectivity index is 1.87. The van der Waals surface area contributed by atoms with Crippen LogP contribution in [0.3, 0.4) is 0 Å². The minimum absolute atomic E-state index is 0.0181. The molecule has 1 aliphatic heterocycles. The normalized spacial score (nSPS) is 20.7. The molecule has 0 radical (unpaired) electrons. The topological polar surface area (TPSA) is 37.4 Å². The molecule has 1 amide bonds. The van der Waals surface area contributed by atoms with E-state index >= 15 is 0 Å². The molecule has 126 valence electrons. The first kappa shape index (κ1) is 16.1. The van der Waals surface area contributed by atoms with Gasteiger partial charge in [0.2, 0.25) is 5.91 Å². The lowest BCUT2D eigenvalue weighted by Crippen LogP contribution is -2.40. The van der Waals surface area contributed by atoms with Crippen LogP contribution in [0.4, 0.5) is 5.69 Å². The highest BCUT2D eigenvalue weighted by Gasteiger charge is 2.39. The summed E-state index contributed by atoms with van der Waals surface area (Å²) in [6.45, 7) is 0. The first-order valence-corrected chi connectivity index (χ1v) is 8.92. The number of amides is 1. The Kier molecular flexibility index (Phi) is 4.18. The Labute approximate surface area is 151 Å². The van der Waals surface area contributed by atoms with Crippen LogP contribution in [0.1, 0.15) is 37.2 Å². The van der Waals surface area contributed by atoms with E-state index < -0.39 is 0 Å². The highest BCUT2D eigenvalue weighted by Crippen LogP contribution is 2.43. The molecule has 0 aromatic heterocycles. The van der Waals surface area contributed by atoms with Gasteiger partial charge in [0.25, 0.3) is 0 Å². The van der Waals surface area contributed by atoms with Gasteiger partial charge in [-0.2, -0.15) is 0 Å². The Hall–Kier alpha value is -2.39. The number of carbonyl (C=O) groups is 2. The molecule has 1 heterocycles. The van der Waals surface area contributed by atoms with Gasteiger partial charge >= 0.3 is 0 Å². The number of carbonyl (C=O) groups excluding carboxylic acids is 2. The SMILES string of the molecule is O=C1CCCC2=C1C(c1ccccc1)CC(=O)N2c1cccc(Cl)c1. The van der Waals surface area contributed by atoms with E-state index in [2.05, 4.69) is 0 Å².